The number of carbonyl (C=O) groups excluding carboxylic acids is 1. The van der Waals surface area contributed by atoms with Crippen LogP contribution in [0.3, 0.4) is 0 Å². The molecule has 0 saturated carbocycles. The molecule has 17 heteroatoms. The highest BCUT2D eigenvalue weighted by atomic mass is 16.2. The van der Waals surface area contributed by atoms with Crippen LogP contribution in [0.1, 0.15) is 27.7 Å². The van der Waals surface area contributed by atoms with Crippen molar-refractivity contribution in [2.24, 2.45) is 35.8 Å². The second-order valence-corrected chi connectivity index (χ2v) is 15.8. The summed E-state index contributed by atoms with van der Waals surface area (Å²) in [5.74, 6) is 2.99. The summed E-state index contributed by atoms with van der Waals surface area (Å²) in [7, 11) is 3.75. The van der Waals surface area contributed by atoms with Crippen LogP contribution in [0.5, 0.6) is 0 Å². The second-order valence-electron chi connectivity index (χ2n) is 15.8. The highest BCUT2D eigenvalue weighted by Crippen LogP contribution is 2.52. The number of amides is 2. The quantitative estimate of drug-likeness (QED) is 0.206. The largest absolute Gasteiger partial charge is 0.355 e. The number of anilines is 6. The lowest BCUT2D eigenvalue weighted by Gasteiger charge is -2.30. The second kappa shape index (κ2) is 13.2. The Kier molecular flexibility index (Phi) is 8.89. The molecule has 0 aliphatic carbocycles. The molecule has 4 saturated heterocycles. The molecule has 4 aliphatic rings. The predicted octanol–water partition coefficient (Wildman–Crippen LogP) is 2.72. The van der Waals surface area contributed by atoms with Crippen LogP contribution >= 0.6 is 0 Å². The third-order valence-corrected chi connectivity index (χ3v) is 11.6. The topological polar surface area (TPSA) is 186 Å². The van der Waals surface area contributed by atoms with E-state index in [0.717, 1.165) is 62.3 Å². The van der Waals surface area contributed by atoms with E-state index < -0.39 is 0 Å². The number of nitrogens with zero attached hydrogens (tertiary/aromatic N) is 12. The molecule has 4 N–H and O–H groups in total. The smallest absolute Gasteiger partial charge is 0.318 e. The summed E-state index contributed by atoms with van der Waals surface area (Å²) >= 11 is 0. The Bertz CT molecular complexity index is 1930. The highest BCUT2D eigenvalue weighted by molar-refractivity contribution is 5.75. The molecule has 4 fully saturated rings. The number of rotatable bonds is 7. The molecule has 4 aromatic heterocycles. The van der Waals surface area contributed by atoms with Crippen molar-refractivity contribution < 1.29 is 4.79 Å². The minimum atomic E-state index is -0.167. The van der Waals surface area contributed by atoms with Gasteiger partial charge >= 0.3 is 6.03 Å². The van der Waals surface area contributed by atoms with E-state index in [9.17, 15) is 4.79 Å². The van der Waals surface area contributed by atoms with Crippen LogP contribution in [-0.4, -0.2) is 109 Å². The fourth-order valence-electron chi connectivity index (χ4n) is 8.19. The monoisotopic (exact) mass is 708 g/mol. The molecular weight excluding hydrogens is 660 g/mol. The predicted molar refractivity (Wildman–Crippen MR) is 197 cm³/mol. The number of urea groups is 1. The molecule has 4 aromatic rings. The van der Waals surface area contributed by atoms with Gasteiger partial charge < -0.3 is 36.0 Å². The summed E-state index contributed by atoms with van der Waals surface area (Å²) in [6.07, 6.45) is 10.8. The third kappa shape index (κ3) is 6.65. The first-order valence-electron chi connectivity index (χ1n) is 17.6. The maximum atomic E-state index is 12.3. The van der Waals surface area contributed by atoms with Gasteiger partial charge in [0, 0.05) is 113 Å². The van der Waals surface area contributed by atoms with Gasteiger partial charge in [0.1, 0.15) is 18.2 Å². The maximum absolute atomic E-state index is 12.3. The standard InChI is InChI=1S/C19H25N9O.C16H23N7/c1-18-10-27(11-19(18,2)13-28(12-18)17(29)22-7-5-20)15-4-6-21-16(25-15)24-14-8-23-26(3)9-14;1-15-8-17-9-16(15,2)11-23(10-15)13-4-5-18-14(21-13)20-12-6-19-22(3)7-12/h4,6,8-9H,7,10-13H2,1-3H3,(H,22,29)(H,21,24,25);4-7,17H,8-11H2,1-3H3,(H,18,20,21)/t18-,19+;15-,16+. The fourth-order valence-corrected chi connectivity index (χ4v) is 8.19. The summed E-state index contributed by atoms with van der Waals surface area (Å²) in [6.45, 7) is 16.4. The molecule has 0 spiro atoms. The Labute approximate surface area is 303 Å². The van der Waals surface area contributed by atoms with Gasteiger partial charge in [-0.15, -0.1) is 0 Å². The van der Waals surface area contributed by atoms with Crippen molar-refractivity contribution in [1.29, 1.82) is 5.26 Å². The molecule has 2 amide bonds. The molecule has 0 bridgehead atoms. The number of carbonyl (C=O) groups is 1. The SMILES string of the molecule is Cn1cc(Nc2nccc(N3C[C@]4(C)CN(C(=O)NCC#N)C[C@]4(C)C3)n2)cn1.Cn1cc(Nc2nccc(N3C[C@]4(C)CNC[C@]4(C)C3)n2)cn1. The number of nitrogens with one attached hydrogen (secondary N) is 4. The van der Waals surface area contributed by atoms with Gasteiger partial charge in [0.2, 0.25) is 11.9 Å². The number of aryl methyl sites for hydroxylation is 2. The molecule has 4 aliphatic heterocycles. The van der Waals surface area contributed by atoms with Crippen LogP contribution in [0.4, 0.5) is 39.7 Å². The Morgan fingerprint density at radius 3 is 1.65 bits per heavy atom. The molecule has 8 rings (SSSR count). The molecule has 0 aromatic carbocycles. The van der Waals surface area contributed by atoms with Gasteiger partial charge in [0.25, 0.3) is 0 Å². The normalized spacial score (nSPS) is 27.4. The summed E-state index contributed by atoms with van der Waals surface area (Å²) in [5, 5.41) is 29.6. The first-order valence-corrected chi connectivity index (χ1v) is 17.6. The number of aromatic nitrogens is 8. The van der Waals surface area contributed by atoms with Gasteiger partial charge in [0.05, 0.1) is 29.8 Å². The zero-order chi connectivity index (χ0) is 36.7. The lowest BCUT2D eigenvalue weighted by Crippen LogP contribution is -2.42. The number of fused-ring (bicyclic) bond motifs is 2. The average molecular weight is 709 g/mol. The van der Waals surface area contributed by atoms with E-state index in [-0.39, 0.29) is 23.4 Å². The summed E-state index contributed by atoms with van der Waals surface area (Å²) in [4.78, 5) is 36.8. The number of hydrogen-bond donors (Lipinski definition) is 4. The van der Waals surface area contributed by atoms with Crippen LogP contribution in [0.15, 0.2) is 49.3 Å². The van der Waals surface area contributed by atoms with Gasteiger partial charge in [0.15, 0.2) is 0 Å². The molecule has 4 atom stereocenters. The van der Waals surface area contributed by atoms with Crippen molar-refractivity contribution in [3.05, 3.63) is 49.3 Å². The zero-order valence-electron chi connectivity index (χ0n) is 30.8. The van der Waals surface area contributed by atoms with Crippen molar-refractivity contribution in [3.8, 4) is 6.07 Å². The van der Waals surface area contributed by atoms with Crippen LogP contribution < -0.4 is 31.1 Å². The van der Waals surface area contributed by atoms with E-state index >= 15 is 0 Å². The molecule has 0 radical (unpaired) electrons. The van der Waals surface area contributed by atoms with Crippen LogP contribution in [0.25, 0.3) is 0 Å². The first-order chi connectivity index (χ1) is 24.8. The average Bonchev–Trinajstić information content (AvgIpc) is 3.92. The number of nitriles is 1. The zero-order valence-corrected chi connectivity index (χ0v) is 30.8. The molecule has 8 heterocycles. The van der Waals surface area contributed by atoms with Crippen LogP contribution in [0.2, 0.25) is 0 Å². The Hall–Kier alpha value is -5.50. The van der Waals surface area contributed by atoms with E-state index in [2.05, 4.69) is 83.9 Å². The van der Waals surface area contributed by atoms with Gasteiger partial charge in [-0.25, -0.2) is 14.8 Å². The van der Waals surface area contributed by atoms with Gasteiger partial charge in [-0.05, 0) is 12.1 Å². The molecule has 17 nitrogen and oxygen atoms in total. The Balaban J connectivity index is 0.000000166. The third-order valence-electron chi connectivity index (χ3n) is 11.6. The lowest BCUT2D eigenvalue weighted by molar-refractivity contribution is 0.203. The van der Waals surface area contributed by atoms with Crippen molar-refractivity contribution in [2.75, 3.05) is 79.3 Å². The minimum absolute atomic E-state index is 0.0303. The first kappa shape index (κ1) is 34.9. The molecule has 274 valence electrons. The summed E-state index contributed by atoms with van der Waals surface area (Å²) in [5.41, 5.74) is 2.22. The minimum Gasteiger partial charge on any atom is -0.355 e. The number of hydrogen-bond acceptors (Lipinski definition) is 13. The van der Waals surface area contributed by atoms with E-state index in [4.69, 9.17) is 10.2 Å². The van der Waals surface area contributed by atoms with Crippen molar-refractivity contribution in [2.45, 2.75) is 27.7 Å². The Morgan fingerprint density at radius 2 is 1.23 bits per heavy atom. The van der Waals surface area contributed by atoms with Crippen LogP contribution in [0, 0.1) is 33.0 Å². The molecule has 0 unspecified atom stereocenters. The van der Waals surface area contributed by atoms with Gasteiger partial charge in [-0.1, -0.05) is 27.7 Å². The molecular formula is C35H48N16O. The van der Waals surface area contributed by atoms with Gasteiger partial charge in [-0.2, -0.15) is 25.4 Å². The van der Waals surface area contributed by atoms with Gasteiger partial charge in [-0.3, -0.25) is 9.36 Å². The van der Waals surface area contributed by atoms with E-state index in [1.807, 2.05) is 55.8 Å². The molecule has 52 heavy (non-hydrogen) atoms. The van der Waals surface area contributed by atoms with Crippen molar-refractivity contribution in [3.63, 3.8) is 0 Å². The van der Waals surface area contributed by atoms with E-state index in [1.54, 1.807) is 28.0 Å². The highest BCUT2D eigenvalue weighted by Gasteiger charge is 2.59. The van der Waals surface area contributed by atoms with Crippen molar-refractivity contribution >= 4 is 40.9 Å². The van der Waals surface area contributed by atoms with Crippen LogP contribution in [-0.2, 0) is 14.1 Å². The van der Waals surface area contributed by atoms with Crippen molar-refractivity contribution in [1.82, 2.24) is 55.0 Å². The fraction of sp³-hybridized carbons (Fsp3) is 0.543. The van der Waals surface area contributed by atoms with E-state index in [0.29, 0.717) is 35.8 Å². The lowest BCUT2D eigenvalue weighted by atomic mass is 9.71. The van der Waals surface area contributed by atoms with E-state index in [1.165, 1.54) is 0 Å². The maximum Gasteiger partial charge on any atom is 0.318 e. The summed E-state index contributed by atoms with van der Waals surface area (Å²) in [6, 6.07) is 5.70. The number of likely N-dealkylation sites (tertiary alicyclic amines) is 1. The Morgan fingerprint density at radius 1 is 0.769 bits per heavy atom. The summed E-state index contributed by atoms with van der Waals surface area (Å²) < 4.78 is 3.47.